The number of rotatable bonds is 7. The molecule has 1 aromatic heterocycles. The zero-order valence-corrected chi connectivity index (χ0v) is 10.8. The molecule has 0 aliphatic rings. The zero-order valence-electron chi connectivity index (χ0n) is 10.8. The normalized spacial score (nSPS) is 10.4. The van der Waals surface area contributed by atoms with Crippen molar-refractivity contribution in [3.05, 3.63) is 41.7 Å². The molecule has 20 heavy (non-hydrogen) atoms. The monoisotopic (exact) mass is 277 g/mol. The van der Waals surface area contributed by atoms with Crippen LogP contribution in [0.2, 0.25) is 0 Å². The number of aliphatic hydroxyl groups is 1. The van der Waals surface area contributed by atoms with Crippen molar-refractivity contribution in [2.24, 2.45) is 0 Å². The van der Waals surface area contributed by atoms with Crippen LogP contribution >= 0.6 is 0 Å². The van der Waals surface area contributed by atoms with Crippen LogP contribution in [0.5, 0.6) is 5.75 Å². The minimum absolute atomic E-state index is 0.0849. The van der Waals surface area contributed by atoms with E-state index in [0.29, 0.717) is 25.3 Å². The van der Waals surface area contributed by atoms with Gasteiger partial charge in [0.15, 0.2) is 5.69 Å². The molecule has 2 rings (SSSR count). The Balaban J connectivity index is 1.81. The molecule has 0 atom stereocenters. The summed E-state index contributed by atoms with van der Waals surface area (Å²) in [6.07, 6.45) is 1.98. The molecule has 2 aromatic rings. The fourth-order valence-electron chi connectivity index (χ4n) is 1.64. The van der Waals surface area contributed by atoms with Crippen LogP contribution in [0.1, 0.15) is 16.1 Å². The lowest BCUT2D eigenvalue weighted by Gasteiger charge is -2.06. The number of carboxylic acid groups (broad SMARTS) is 1. The third-order valence-electron chi connectivity index (χ3n) is 2.67. The van der Waals surface area contributed by atoms with Gasteiger partial charge in [-0.05, 0) is 24.1 Å². The molecule has 0 amide bonds. The highest BCUT2D eigenvalue weighted by atomic mass is 16.5. The van der Waals surface area contributed by atoms with Gasteiger partial charge < -0.3 is 14.9 Å². The van der Waals surface area contributed by atoms with Crippen molar-refractivity contribution >= 4 is 5.97 Å². The van der Waals surface area contributed by atoms with E-state index in [-0.39, 0.29) is 12.3 Å². The third-order valence-corrected chi connectivity index (χ3v) is 2.67. The summed E-state index contributed by atoms with van der Waals surface area (Å²) in [7, 11) is 0. The molecule has 0 bridgehead atoms. The zero-order chi connectivity index (χ0) is 14.4. The van der Waals surface area contributed by atoms with Crippen LogP contribution in [-0.2, 0) is 13.0 Å². The van der Waals surface area contributed by atoms with Gasteiger partial charge in [-0.15, -0.1) is 5.10 Å². The quantitative estimate of drug-likeness (QED) is 0.768. The number of aliphatic hydroxyl groups excluding tert-OH is 1. The Hall–Kier alpha value is -2.41. The summed E-state index contributed by atoms with van der Waals surface area (Å²) < 4.78 is 6.93. The van der Waals surface area contributed by atoms with Gasteiger partial charge in [0.05, 0.1) is 12.7 Å². The van der Waals surface area contributed by atoms with E-state index >= 15 is 0 Å². The number of ether oxygens (including phenoxy) is 1. The number of aromatic nitrogens is 3. The van der Waals surface area contributed by atoms with E-state index in [1.807, 2.05) is 24.3 Å². The van der Waals surface area contributed by atoms with Crippen LogP contribution in [0.3, 0.4) is 0 Å². The van der Waals surface area contributed by atoms with Gasteiger partial charge in [0.2, 0.25) is 0 Å². The van der Waals surface area contributed by atoms with E-state index in [0.717, 1.165) is 5.56 Å². The molecule has 0 aliphatic carbocycles. The number of benzene rings is 1. The van der Waals surface area contributed by atoms with Gasteiger partial charge >= 0.3 is 5.97 Å². The second-order valence-electron chi connectivity index (χ2n) is 4.14. The first kappa shape index (κ1) is 14.0. The summed E-state index contributed by atoms with van der Waals surface area (Å²) in [4.78, 5) is 10.6. The van der Waals surface area contributed by atoms with Crippen molar-refractivity contribution in [3.8, 4) is 5.75 Å². The van der Waals surface area contributed by atoms with Gasteiger partial charge in [-0.1, -0.05) is 17.3 Å². The topological polar surface area (TPSA) is 97.5 Å². The summed E-state index contributed by atoms with van der Waals surface area (Å²) in [6, 6.07) is 7.44. The van der Waals surface area contributed by atoms with E-state index < -0.39 is 5.97 Å². The lowest BCUT2D eigenvalue weighted by molar-refractivity contribution is 0.0690. The first-order valence-corrected chi connectivity index (χ1v) is 6.15. The number of hydrogen-bond acceptors (Lipinski definition) is 5. The largest absolute Gasteiger partial charge is 0.492 e. The highest BCUT2D eigenvalue weighted by molar-refractivity contribution is 5.84. The Morgan fingerprint density at radius 1 is 1.30 bits per heavy atom. The van der Waals surface area contributed by atoms with E-state index in [9.17, 15) is 4.79 Å². The molecule has 0 fully saturated rings. The van der Waals surface area contributed by atoms with Crippen molar-refractivity contribution in [1.82, 2.24) is 15.0 Å². The standard InChI is InChI=1S/C13H15N3O4/c17-7-5-10-1-3-11(4-2-10)20-8-6-16-9-12(13(18)19)14-15-16/h1-4,9,17H,5-8H2,(H,18,19). The Labute approximate surface area is 115 Å². The summed E-state index contributed by atoms with van der Waals surface area (Å²) in [5, 5.41) is 24.7. The molecular formula is C13H15N3O4. The molecule has 0 aliphatic heterocycles. The second kappa shape index (κ2) is 6.67. The summed E-state index contributed by atoms with van der Waals surface area (Å²) in [5.41, 5.74) is 0.959. The molecule has 106 valence electrons. The Morgan fingerprint density at radius 2 is 2.05 bits per heavy atom. The highest BCUT2D eigenvalue weighted by Gasteiger charge is 2.07. The fourth-order valence-corrected chi connectivity index (χ4v) is 1.64. The smallest absolute Gasteiger partial charge is 0.358 e. The van der Waals surface area contributed by atoms with Crippen molar-refractivity contribution in [3.63, 3.8) is 0 Å². The number of nitrogens with zero attached hydrogens (tertiary/aromatic N) is 3. The number of carbonyl (C=O) groups is 1. The van der Waals surface area contributed by atoms with E-state index in [1.54, 1.807) is 0 Å². The van der Waals surface area contributed by atoms with Crippen LogP contribution < -0.4 is 4.74 Å². The Bertz CT molecular complexity index is 565. The molecule has 7 nitrogen and oxygen atoms in total. The Kier molecular flexibility index (Phi) is 4.67. The minimum atomic E-state index is -1.10. The molecule has 7 heteroatoms. The lowest BCUT2D eigenvalue weighted by Crippen LogP contribution is -2.08. The maximum atomic E-state index is 10.6. The molecule has 0 unspecified atom stereocenters. The van der Waals surface area contributed by atoms with Crippen molar-refractivity contribution in [2.75, 3.05) is 13.2 Å². The van der Waals surface area contributed by atoms with E-state index in [4.69, 9.17) is 14.9 Å². The SMILES string of the molecule is O=C(O)c1cn(CCOc2ccc(CCO)cc2)nn1. The minimum Gasteiger partial charge on any atom is -0.492 e. The molecule has 0 radical (unpaired) electrons. The highest BCUT2D eigenvalue weighted by Crippen LogP contribution is 2.12. The lowest BCUT2D eigenvalue weighted by atomic mass is 10.1. The van der Waals surface area contributed by atoms with Gasteiger partial charge in [-0.3, -0.25) is 0 Å². The summed E-state index contributed by atoms with van der Waals surface area (Å²) in [5.74, 6) is -0.387. The molecule has 1 heterocycles. The predicted octanol–water partition coefficient (Wildman–Crippen LogP) is 0.590. The van der Waals surface area contributed by atoms with Crippen LogP contribution in [0.4, 0.5) is 0 Å². The van der Waals surface area contributed by atoms with E-state index in [1.165, 1.54) is 10.9 Å². The van der Waals surface area contributed by atoms with Crippen molar-refractivity contribution in [2.45, 2.75) is 13.0 Å². The molecular weight excluding hydrogens is 262 g/mol. The maximum Gasteiger partial charge on any atom is 0.358 e. The number of hydrogen-bond donors (Lipinski definition) is 2. The predicted molar refractivity (Wildman–Crippen MR) is 69.7 cm³/mol. The number of aromatic carboxylic acids is 1. The molecule has 0 spiro atoms. The second-order valence-corrected chi connectivity index (χ2v) is 4.14. The van der Waals surface area contributed by atoms with Crippen LogP contribution in [0.25, 0.3) is 0 Å². The van der Waals surface area contributed by atoms with Crippen LogP contribution in [0.15, 0.2) is 30.5 Å². The van der Waals surface area contributed by atoms with Gasteiger partial charge in [-0.2, -0.15) is 0 Å². The average Bonchev–Trinajstić information content (AvgIpc) is 2.90. The fraction of sp³-hybridized carbons (Fsp3) is 0.308. The third kappa shape index (κ3) is 3.79. The first-order chi connectivity index (χ1) is 9.69. The molecule has 2 N–H and O–H groups in total. The molecule has 0 saturated heterocycles. The van der Waals surface area contributed by atoms with Crippen molar-refractivity contribution < 1.29 is 19.7 Å². The average molecular weight is 277 g/mol. The van der Waals surface area contributed by atoms with Gasteiger partial charge in [0.25, 0.3) is 0 Å². The summed E-state index contributed by atoms with van der Waals surface area (Å²) >= 11 is 0. The molecule has 0 saturated carbocycles. The van der Waals surface area contributed by atoms with Gasteiger partial charge in [0.1, 0.15) is 12.4 Å². The van der Waals surface area contributed by atoms with Crippen LogP contribution in [-0.4, -0.2) is 44.4 Å². The van der Waals surface area contributed by atoms with Crippen LogP contribution in [0, 0.1) is 0 Å². The van der Waals surface area contributed by atoms with Gasteiger partial charge in [0, 0.05) is 6.61 Å². The number of carboxylic acids is 1. The maximum absolute atomic E-state index is 10.6. The first-order valence-electron chi connectivity index (χ1n) is 6.15. The van der Waals surface area contributed by atoms with E-state index in [2.05, 4.69) is 10.3 Å². The van der Waals surface area contributed by atoms with Crippen molar-refractivity contribution in [1.29, 1.82) is 0 Å². The molecule has 1 aromatic carbocycles. The summed E-state index contributed by atoms with van der Waals surface area (Å²) in [6.45, 7) is 0.902. The van der Waals surface area contributed by atoms with Gasteiger partial charge in [-0.25, -0.2) is 9.48 Å². The Morgan fingerprint density at radius 3 is 2.65 bits per heavy atom.